The van der Waals surface area contributed by atoms with Gasteiger partial charge < -0.3 is 44.6 Å². The van der Waals surface area contributed by atoms with E-state index in [9.17, 15) is 24.0 Å². The molecule has 0 bridgehead atoms. The molecule has 0 saturated carbocycles. The number of nitrogens with one attached hydrogen (secondary N) is 4. The Morgan fingerprint density at radius 2 is 1.31 bits per heavy atom. The summed E-state index contributed by atoms with van der Waals surface area (Å²) in [4.78, 5) is 80.0. The second-order valence-electron chi connectivity index (χ2n) is 15.6. The van der Waals surface area contributed by atoms with Crippen LogP contribution < -0.4 is 16.1 Å². The lowest BCUT2D eigenvalue weighted by Gasteiger charge is -2.31. The van der Waals surface area contributed by atoms with Crippen LogP contribution in [0.2, 0.25) is 0 Å². The maximum absolute atomic E-state index is 13.8. The number of benzene rings is 3. The summed E-state index contributed by atoms with van der Waals surface area (Å²) in [6, 6.07) is 17.4. The zero-order valence-electron chi connectivity index (χ0n) is 34.2. The van der Waals surface area contributed by atoms with Gasteiger partial charge in [0.05, 0.1) is 49.8 Å². The van der Waals surface area contributed by atoms with Crippen molar-refractivity contribution in [2.45, 2.75) is 76.7 Å². The quantitative estimate of drug-likeness (QED) is 0.120. The minimum atomic E-state index is -0.963. The highest BCUT2D eigenvalue weighted by molar-refractivity contribution is 5.92. The highest BCUT2D eigenvalue weighted by Crippen LogP contribution is 2.35. The summed E-state index contributed by atoms with van der Waals surface area (Å²) in [5.41, 5.74) is 4.81. The van der Waals surface area contributed by atoms with Crippen molar-refractivity contribution < 1.29 is 33.4 Å². The van der Waals surface area contributed by atoms with Crippen LogP contribution in [0.15, 0.2) is 71.7 Å². The molecular weight excluding hydrogens is 755 g/mol. The predicted molar refractivity (Wildman–Crippen MR) is 222 cm³/mol. The number of H-pyrrole nitrogens is 2. The Morgan fingerprint density at radius 3 is 1.97 bits per heavy atom. The molecule has 5 aromatic rings. The second-order valence-corrected chi connectivity index (χ2v) is 15.6. The lowest BCUT2D eigenvalue weighted by molar-refractivity contribution is -0.137. The first-order valence-electron chi connectivity index (χ1n) is 20.0. The maximum Gasteiger partial charge on any atom is 0.407 e. The van der Waals surface area contributed by atoms with E-state index in [1.165, 1.54) is 21.3 Å². The molecule has 310 valence electrons. The summed E-state index contributed by atoms with van der Waals surface area (Å²) in [6.07, 6.45) is 2.79. The van der Waals surface area contributed by atoms with Gasteiger partial charge in [0.1, 0.15) is 17.9 Å². The number of likely N-dealkylation sites (tertiary alicyclic amines) is 2. The number of alkyl carbamates (subject to hydrolysis) is 2. The van der Waals surface area contributed by atoms with Gasteiger partial charge in [-0.3, -0.25) is 14.4 Å². The van der Waals surface area contributed by atoms with Crippen molar-refractivity contribution in [3.8, 4) is 22.4 Å². The monoisotopic (exact) mass is 805 g/mol. The molecule has 2 aliphatic heterocycles. The van der Waals surface area contributed by atoms with Crippen LogP contribution in [0.5, 0.6) is 0 Å². The third kappa shape index (κ3) is 8.37. The number of nitrogens with zero attached hydrogens (tertiary/aromatic N) is 3. The Hall–Kier alpha value is -6.22. The average molecular weight is 806 g/mol. The fourth-order valence-corrected chi connectivity index (χ4v) is 8.30. The van der Waals surface area contributed by atoms with Crippen LogP contribution in [-0.2, 0) is 23.8 Å². The minimum absolute atomic E-state index is 0.123. The highest BCUT2D eigenvalue weighted by Gasteiger charge is 2.39. The maximum atomic E-state index is 13.8. The van der Waals surface area contributed by atoms with E-state index in [0.29, 0.717) is 41.9 Å². The van der Waals surface area contributed by atoms with Gasteiger partial charge in [0.15, 0.2) is 5.43 Å². The number of fused-ring (bicyclic) bond motifs is 2. The van der Waals surface area contributed by atoms with E-state index >= 15 is 0 Å². The Balaban J connectivity index is 1.11. The summed E-state index contributed by atoms with van der Waals surface area (Å²) in [5, 5.41) is 7.89. The van der Waals surface area contributed by atoms with Gasteiger partial charge in [0, 0.05) is 42.9 Å². The lowest BCUT2D eigenvalue weighted by Crippen LogP contribution is -2.54. The number of carbonyl (C=O) groups is 4. The number of carbonyl (C=O) groups excluding carboxylic acids is 4. The zero-order chi connectivity index (χ0) is 42.0. The summed E-state index contributed by atoms with van der Waals surface area (Å²) in [7, 11) is 4.00. The smallest absolute Gasteiger partial charge is 0.407 e. The molecule has 59 heavy (non-hydrogen) atoms. The summed E-state index contributed by atoms with van der Waals surface area (Å²) >= 11 is 0. The van der Waals surface area contributed by atoms with Gasteiger partial charge in [-0.2, -0.15) is 0 Å². The summed E-state index contributed by atoms with van der Waals surface area (Å²) < 4.78 is 14.9. The van der Waals surface area contributed by atoms with E-state index in [0.717, 1.165) is 52.4 Å². The average Bonchev–Trinajstić information content (AvgIpc) is 4.05. The van der Waals surface area contributed by atoms with Crippen LogP contribution in [0, 0.1) is 5.92 Å². The first kappa shape index (κ1) is 41.0. The molecule has 15 heteroatoms. The molecule has 2 aromatic heterocycles. The Kier molecular flexibility index (Phi) is 12.0. The molecule has 4 heterocycles. The number of amides is 4. The highest BCUT2D eigenvalue weighted by atomic mass is 16.5. The van der Waals surface area contributed by atoms with Crippen LogP contribution >= 0.6 is 0 Å². The minimum Gasteiger partial charge on any atom is -0.453 e. The van der Waals surface area contributed by atoms with E-state index < -0.39 is 30.4 Å². The number of rotatable bonds is 11. The third-order valence-corrected chi connectivity index (χ3v) is 11.6. The molecule has 15 nitrogen and oxygen atoms in total. The van der Waals surface area contributed by atoms with E-state index in [1.807, 2.05) is 44.2 Å². The van der Waals surface area contributed by atoms with Gasteiger partial charge in [-0.25, -0.2) is 14.6 Å². The molecule has 2 unspecified atom stereocenters. The Morgan fingerprint density at radius 1 is 0.729 bits per heavy atom. The normalized spacial score (nSPS) is 18.2. The standard InChI is InChI=1S/C44H51N7O8/c1-24(2)38(48-43(55)58-5)41(53)51-18-8-10-36(51)40-45-23-34(47-40)30-14-13-26-19-27(11-12-28(26)20-30)29-15-16-31-32(21-29)46-33(22-37(31)52)35-9-7-17-50(35)42(54)39(25(3)57-4)49-44(56)59-6/h11-16,19-25,35-36,38-39H,7-10,17-18H2,1-6H3,(H,45,47)(H,46,52)(H,48,55)(H,49,56)/t25-,35?,36+,38?,39+/m1/s1. The molecule has 0 spiro atoms. The topological polar surface area (TPSA) is 188 Å². The number of aromatic nitrogens is 3. The van der Waals surface area contributed by atoms with E-state index in [1.54, 1.807) is 29.0 Å². The van der Waals surface area contributed by atoms with Crippen molar-refractivity contribution in [3.05, 3.63) is 88.6 Å². The molecule has 4 N–H and O–H groups in total. The molecule has 3 aromatic carbocycles. The van der Waals surface area contributed by atoms with Crippen molar-refractivity contribution in [2.24, 2.45) is 5.92 Å². The molecule has 2 aliphatic rings. The fraction of sp³-hybridized carbons (Fsp3) is 0.409. The molecule has 4 amide bonds. The molecule has 2 saturated heterocycles. The van der Waals surface area contributed by atoms with Crippen LogP contribution in [0.25, 0.3) is 44.1 Å². The summed E-state index contributed by atoms with van der Waals surface area (Å²) in [6.45, 7) is 6.53. The van der Waals surface area contributed by atoms with Gasteiger partial charge in [-0.1, -0.05) is 44.2 Å². The molecule has 7 rings (SSSR count). The fourth-order valence-electron chi connectivity index (χ4n) is 8.30. The van der Waals surface area contributed by atoms with Crippen LogP contribution in [0.3, 0.4) is 0 Å². The number of hydrogen-bond acceptors (Lipinski definition) is 9. The largest absolute Gasteiger partial charge is 0.453 e. The third-order valence-electron chi connectivity index (χ3n) is 11.6. The molecule has 0 aliphatic carbocycles. The first-order chi connectivity index (χ1) is 28.4. The summed E-state index contributed by atoms with van der Waals surface area (Å²) in [5.74, 6) is 0.109. The lowest BCUT2D eigenvalue weighted by atomic mass is 9.98. The van der Waals surface area contributed by atoms with Gasteiger partial charge in [-0.05, 0) is 84.7 Å². The van der Waals surface area contributed by atoms with Crippen molar-refractivity contribution >= 4 is 45.7 Å². The predicted octanol–water partition coefficient (Wildman–Crippen LogP) is 6.21. The molecule has 5 atom stereocenters. The van der Waals surface area contributed by atoms with Crippen LogP contribution in [0.4, 0.5) is 9.59 Å². The van der Waals surface area contributed by atoms with E-state index in [2.05, 4.69) is 44.9 Å². The van der Waals surface area contributed by atoms with Crippen molar-refractivity contribution in [1.82, 2.24) is 35.4 Å². The van der Waals surface area contributed by atoms with E-state index in [-0.39, 0.29) is 35.2 Å². The van der Waals surface area contributed by atoms with Gasteiger partial charge in [0.2, 0.25) is 11.8 Å². The van der Waals surface area contributed by atoms with Gasteiger partial charge in [-0.15, -0.1) is 0 Å². The number of hydrogen-bond donors (Lipinski definition) is 4. The van der Waals surface area contributed by atoms with Crippen LogP contribution in [-0.4, -0.2) is 101 Å². The second kappa shape index (κ2) is 17.3. The van der Waals surface area contributed by atoms with Gasteiger partial charge in [0.25, 0.3) is 0 Å². The van der Waals surface area contributed by atoms with Gasteiger partial charge >= 0.3 is 12.2 Å². The van der Waals surface area contributed by atoms with E-state index in [4.69, 9.17) is 19.2 Å². The number of imidazole rings is 1. The Bertz CT molecular complexity index is 2440. The first-order valence-corrected chi connectivity index (χ1v) is 20.0. The van der Waals surface area contributed by atoms with Crippen molar-refractivity contribution in [3.63, 3.8) is 0 Å². The number of pyridine rings is 1. The Labute approximate surface area is 341 Å². The molecule has 2 fully saturated rings. The molecular formula is C44H51N7O8. The van der Waals surface area contributed by atoms with Crippen molar-refractivity contribution in [1.29, 1.82) is 0 Å². The SMILES string of the molecule is COC(=O)NC(C(=O)N1CCC[C@H]1c1ncc(-c2ccc3cc(-c4ccc5c(=O)cc(C6CCCN6C(=O)[C@@H](NC(=O)OC)[C@@H](C)OC)[nH]c5c4)ccc3c2)[nH]1)C(C)C. The zero-order valence-corrected chi connectivity index (χ0v) is 34.2. The molecule has 0 radical (unpaired) electrons. The number of ether oxygens (including phenoxy) is 3. The number of methoxy groups -OCH3 is 3. The van der Waals surface area contributed by atoms with Crippen LogP contribution in [0.1, 0.15) is 70.1 Å². The number of aromatic amines is 2. The van der Waals surface area contributed by atoms with Crippen molar-refractivity contribution in [2.75, 3.05) is 34.4 Å².